The molecule has 1 aliphatic heterocycles. The Labute approximate surface area is 79.8 Å². The molecule has 1 aliphatic carbocycles. The maximum atomic E-state index is 5.67. The van der Waals surface area contributed by atoms with Gasteiger partial charge in [0.25, 0.3) is 0 Å². The molecule has 1 saturated carbocycles. The van der Waals surface area contributed by atoms with Gasteiger partial charge in [0.1, 0.15) is 0 Å². The summed E-state index contributed by atoms with van der Waals surface area (Å²) in [7, 11) is 2.02. The Kier molecular flexibility index (Phi) is 2.86. The Bertz CT molecular complexity index is 156. The topological polar surface area (TPSA) is 30.5 Å². The zero-order chi connectivity index (χ0) is 9.15. The highest BCUT2D eigenvalue weighted by Gasteiger charge is 2.39. The van der Waals surface area contributed by atoms with Gasteiger partial charge in [-0.2, -0.15) is 0 Å². The zero-order valence-electron chi connectivity index (χ0n) is 8.34. The molecule has 2 fully saturated rings. The maximum absolute atomic E-state index is 5.67. The lowest BCUT2D eigenvalue weighted by Crippen LogP contribution is -2.37. The number of ether oxygens (including phenoxy) is 2. The van der Waals surface area contributed by atoms with Crippen molar-refractivity contribution in [1.29, 1.82) is 0 Å². The first-order valence-electron chi connectivity index (χ1n) is 5.27. The van der Waals surface area contributed by atoms with Crippen LogP contribution >= 0.6 is 0 Å². The Morgan fingerprint density at radius 2 is 1.85 bits per heavy atom. The molecule has 1 saturated heterocycles. The summed E-state index contributed by atoms with van der Waals surface area (Å²) in [6.45, 7) is 2.71. The van der Waals surface area contributed by atoms with Crippen LogP contribution in [0.1, 0.15) is 25.7 Å². The van der Waals surface area contributed by atoms with Gasteiger partial charge < -0.3 is 14.8 Å². The second-order valence-corrected chi connectivity index (χ2v) is 4.11. The van der Waals surface area contributed by atoms with Gasteiger partial charge in [0, 0.05) is 12.8 Å². The Hall–Kier alpha value is -0.120. The van der Waals surface area contributed by atoms with Crippen LogP contribution in [0.4, 0.5) is 0 Å². The summed E-state index contributed by atoms with van der Waals surface area (Å²) in [5, 5.41) is 3.23. The van der Waals surface area contributed by atoms with E-state index in [2.05, 4.69) is 5.32 Å². The second kappa shape index (κ2) is 3.95. The third-order valence-electron chi connectivity index (χ3n) is 3.17. The maximum Gasteiger partial charge on any atom is 0.168 e. The molecule has 0 bridgehead atoms. The first-order chi connectivity index (χ1) is 6.35. The molecule has 2 rings (SSSR count). The Morgan fingerprint density at radius 3 is 2.38 bits per heavy atom. The molecule has 0 aromatic heterocycles. The highest BCUT2D eigenvalue weighted by Crippen LogP contribution is 2.37. The predicted octanol–water partition coefficient (Wildman–Crippen LogP) is 1.14. The van der Waals surface area contributed by atoms with Crippen LogP contribution in [-0.4, -0.2) is 32.6 Å². The molecule has 0 atom stereocenters. The van der Waals surface area contributed by atoms with E-state index in [4.69, 9.17) is 9.47 Å². The molecule has 3 heteroatoms. The van der Waals surface area contributed by atoms with Crippen LogP contribution in [0.5, 0.6) is 0 Å². The van der Waals surface area contributed by atoms with E-state index < -0.39 is 0 Å². The smallest absolute Gasteiger partial charge is 0.168 e. The molecule has 1 N–H and O–H groups in total. The molecule has 76 valence electrons. The minimum absolute atomic E-state index is 0.176. The first-order valence-corrected chi connectivity index (χ1v) is 5.27. The van der Waals surface area contributed by atoms with Crippen molar-refractivity contribution in [2.24, 2.45) is 5.92 Å². The van der Waals surface area contributed by atoms with Crippen molar-refractivity contribution in [1.82, 2.24) is 5.32 Å². The molecule has 1 spiro atoms. The van der Waals surface area contributed by atoms with Crippen LogP contribution in [0.2, 0.25) is 0 Å². The van der Waals surface area contributed by atoms with Gasteiger partial charge in [-0.1, -0.05) is 0 Å². The van der Waals surface area contributed by atoms with E-state index >= 15 is 0 Å². The van der Waals surface area contributed by atoms with Crippen molar-refractivity contribution >= 4 is 0 Å². The SMILES string of the molecule is CNCC1CCC2(CC1)OCCO2. The van der Waals surface area contributed by atoms with Gasteiger partial charge in [-0.15, -0.1) is 0 Å². The second-order valence-electron chi connectivity index (χ2n) is 4.11. The largest absolute Gasteiger partial charge is 0.348 e. The van der Waals surface area contributed by atoms with E-state index in [-0.39, 0.29) is 5.79 Å². The molecular weight excluding hydrogens is 166 g/mol. The molecule has 0 aromatic carbocycles. The highest BCUT2D eigenvalue weighted by atomic mass is 16.7. The summed E-state index contributed by atoms with van der Waals surface area (Å²) < 4.78 is 11.3. The normalized spacial score (nSPS) is 28.4. The van der Waals surface area contributed by atoms with E-state index in [1.807, 2.05) is 7.05 Å². The van der Waals surface area contributed by atoms with Crippen LogP contribution in [0, 0.1) is 5.92 Å². The summed E-state index contributed by atoms with van der Waals surface area (Å²) in [5.74, 6) is 0.646. The number of rotatable bonds is 2. The van der Waals surface area contributed by atoms with Crippen LogP contribution < -0.4 is 5.32 Å². The Balaban J connectivity index is 1.81. The van der Waals surface area contributed by atoms with Crippen molar-refractivity contribution < 1.29 is 9.47 Å². The lowest BCUT2D eigenvalue weighted by Gasteiger charge is -2.35. The number of nitrogens with one attached hydrogen (secondary N) is 1. The summed E-state index contributed by atoms with van der Waals surface area (Å²) in [4.78, 5) is 0. The average Bonchev–Trinajstić information content (AvgIpc) is 2.59. The summed E-state index contributed by atoms with van der Waals surface area (Å²) in [5.41, 5.74) is 0. The van der Waals surface area contributed by atoms with Gasteiger partial charge in [-0.3, -0.25) is 0 Å². The van der Waals surface area contributed by atoms with Crippen LogP contribution in [0.3, 0.4) is 0 Å². The third kappa shape index (κ3) is 2.03. The average molecular weight is 185 g/mol. The Morgan fingerprint density at radius 1 is 1.23 bits per heavy atom. The quantitative estimate of drug-likeness (QED) is 0.699. The summed E-state index contributed by atoms with van der Waals surface area (Å²) in [6, 6.07) is 0. The van der Waals surface area contributed by atoms with E-state index in [1.165, 1.54) is 12.8 Å². The molecule has 2 aliphatic rings. The lowest BCUT2D eigenvalue weighted by atomic mass is 9.85. The number of hydrogen-bond acceptors (Lipinski definition) is 3. The molecule has 0 radical (unpaired) electrons. The fourth-order valence-corrected chi connectivity index (χ4v) is 2.40. The summed E-state index contributed by atoms with van der Waals surface area (Å²) >= 11 is 0. The van der Waals surface area contributed by atoms with Crippen molar-refractivity contribution in [3.05, 3.63) is 0 Å². The lowest BCUT2D eigenvalue weighted by molar-refractivity contribution is -0.182. The molecular formula is C10H19NO2. The fraction of sp³-hybridized carbons (Fsp3) is 1.00. The molecule has 0 aromatic rings. The standard InChI is InChI=1S/C10H19NO2/c1-11-8-9-2-4-10(5-3-9)12-6-7-13-10/h9,11H,2-8H2,1H3. The van der Waals surface area contributed by atoms with Gasteiger partial charge in [-0.25, -0.2) is 0 Å². The minimum Gasteiger partial charge on any atom is -0.348 e. The van der Waals surface area contributed by atoms with E-state index in [0.717, 1.165) is 38.5 Å². The van der Waals surface area contributed by atoms with Crippen molar-refractivity contribution in [3.8, 4) is 0 Å². The monoisotopic (exact) mass is 185 g/mol. The first kappa shape index (κ1) is 9.44. The van der Waals surface area contributed by atoms with Gasteiger partial charge in [0.2, 0.25) is 0 Å². The van der Waals surface area contributed by atoms with Crippen molar-refractivity contribution in [2.45, 2.75) is 31.5 Å². The van der Waals surface area contributed by atoms with E-state index in [9.17, 15) is 0 Å². The van der Waals surface area contributed by atoms with Gasteiger partial charge in [0.05, 0.1) is 13.2 Å². The molecule has 13 heavy (non-hydrogen) atoms. The van der Waals surface area contributed by atoms with Crippen LogP contribution in [0.15, 0.2) is 0 Å². The van der Waals surface area contributed by atoms with Gasteiger partial charge in [0.15, 0.2) is 5.79 Å². The van der Waals surface area contributed by atoms with Crippen molar-refractivity contribution in [2.75, 3.05) is 26.8 Å². The van der Waals surface area contributed by atoms with Crippen molar-refractivity contribution in [3.63, 3.8) is 0 Å². The zero-order valence-corrected chi connectivity index (χ0v) is 8.34. The van der Waals surface area contributed by atoms with E-state index in [1.54, 1.807) is 0 Å². The van der Waals surface area contributed by atoms with E-state index in [0.29, 0.717) is 0 Å². The highest BCUT2D eigenvalue weighted by molar-refractivity contribution is 4.82. The molecule has 0 unspecified atom stereocenters. The predicted molar refractivity (Wildman–Crippen MR) is 50.5 cm³/mol. The van der Waals surface area contributed by atoms with Crippen LogP contribution in [-0.2, 0) is 9.47 Å². The minimum atomic E-state index is -0.176. The fourth-order valence-electron chi connectivity index (χ4n) is 2.40. The summed E-state index contributed by atoms with van der Waals surface area (Å²) in [6.07, 6.45) is 4.64. The molecule has 3 nitrogen and oxygen atoms in total. The van der Waals surface area contributed by atoms with Crippen LogP contribution in [0.25, 0.3) is 0 Å². The molecule has 1 heterocycles. The van der Waals surface area contributed by atoms with Gasteiger partial charge >= 0.3 is 0 Å². The number of hydrogen-bond donors (Lipinski definition) is 1. The van der Waals surface area contributed by atoms with Gasteiger partial charge in [-0.05, 0) is 32.4 Å². The third-order valence-corrected chi connectivity index (χ3v) is 3.17. The molecule has 0 amide bonds.